The van der Waals surface area contributed by atoms with Crippen LogP contribution in [0.4, 0.5) is 0 Å². The molecule has 1 amide bonds. The van der Waals surface area contributed by atoms with E-state index in [-0.39, 0.29) is 5.91 Å². The molecule has 1 fully saturated rings. The molecule has 7 nitrogen and oxygen atoms in total. The van der Waals surface area contributed by atoms with Gasteiger partial charge in [-0.05, 0) is 38.2 Å². The summed E-state index contributed by atoms with van der Waals surface area (Å²) < 4.78 is 16.0. The zero-order valence-electron chi connectivity index (χ0n) is 16.8. The number of benzene rings is 1. The van der Waals surface area contributed by atoms with Crippen LogP contribution in [0.25, 0.3) is 6.08 Å². The van der Waals surface area contributed by atoms with Gasteiger partial charge in [0.15, 0.2) is 11.5 Å². The number of carbonyl (C=O) groups is 1. The van der Waals surface area contributed by atoms with Crippen molar-refractivity contribution < 1.29 is 19.0 Å². The van der Waals surface area contributed by atoms with Crippen LogP contribution in [0.1, 0.15) is 12.0 Å². The summed E-state index contributed by atoms with van der Waals surface area (Å²) in [5.41, 5.74) is 0.753. The van der Waals surface area contributed by atoms with Gasteiger partial charge in [-0.2, -0.15) is 0 Å². The molecule has 1 aliphatic rings. The minimum atomic E-state index is -0.120. The Morgan fingerprint density at radius 1 is 1.07 bits per heavy atom. The number of ether oxygens (including phenoxy) is 3. The lowest BCUT2D eigenvalue weighted by Crippen LogP contribution is -2.45. The first-order chi connectivity index (χ1) is 13.1. The van der Waals surface area contributed by atoms with Crippen molar-refractivity contribution in [3.63, 3.8) is 0 Å². The normalized spacial score (nSPS) is 15.7. The summed E-state index contributed by atoms with van der Waals surface area (Å²) >= 11 is 0. The Balaban J connectivity index is 1.82. The number of hydrogen-bond acceptors (Lipinski definition) is 6. The van der Waals surface area contributed by atoms with Gasteiger partial charge in [-0.15, -0.1) is 0 Å². The lowest BCUT2D eigenvalue weighted by atomic mass is 10.1. The van der Waals surface area contributed by atoms with Crippen LogP contribution in [0.3, 0.4) is 0 Å². The molecular weight excluding hydrogens is 346 g/mol. The Morgan fingerprint density at radius 2 is 1.78 bits per heavy atom. The van der Waals surface area contributed by atoms with Gasteiger partial charge in [0, 0.05) is 44.4 Å². The second-order valence-corrected chi connectivity index (χ2v) is 6.55. The molecule has 1 saturated heterocycles. The van der Waals surface area contributed by atoms with E-state index in [1.54, 1.807) is 33.5 Å². The molecule has 1 aliphatic heterocycles. The van der Waals surface area contributed by atoms with Gasteiger partial charge >= 0.3 is 0 Å². The Morgan fingerprint density at radius 3 is 2.41 bits per heavy atom. The van der Waals surface area contributed by atoms with Crippen molar-refractivity contribution in [3.05, 3.63) is 23.8 Å². The third kappa shape index (κ3) is 6.15. The van der Waals surface area contributed by atoms with Crippen molar-refractivity contribution in [2.24, 2.45) is 0 Å². The van der Waals surface area contributed by atoms with E-state index in [0.717, 1.165) is 44.7 Å². The smallest absolute Gasteiger partial charge is 0.244 e. The molecule has 1 aromatic rings. The Labute approximate surface area is 161 Å². The van der Waals surface area contributed by atoms with Gasteiger partial charge in [-0.3, -0.25) is 4.79 Å². The second kappa shape index (κ2) is 10.8. The molecule has 0 atom stereocenters. The molecule has 0 aliphatic carbocycles. The average Bonchev–Trinajstić information content (AvgIpc) is 2.69. The van der Waals surface area contributed by atoms with Gasteiger partial charge in [0.1, 0.15) is 0 Å². The summed E-state index contributed by atoms with van der Waals surface area (Å²) in [6, 6.07) is 3.62. The molecule has 2 rings (SSSR count). The van der Waals surface area contributed by atoms with E-state index in [1.807, 2.05) is 6.07 Å². The number of amides is 1. The van der Waals surface area contributed by atoms with Gasteiger partial charge in [0.2, 0.25) is 11.7 Å². The fourth-order valence-corrected chi connectivity index (χ4v) is 3.07. The van der Waals surface area contributed by atoms with Gasteiger partial charge in [-0.25, -0.2) is 0 Å². The summed E-state index contributed by atoms with van der Waals surface area (Å²) in [6.45, 7) is 6.11. The quantitative estimate of drug-likeness (QED) is 0.520. The van der Waals surface area contributed by atoms with Crippen molar-refractivity contribution in [1.82, 2.24) is 15.1 Å². The highest BCUT2D eigenvalue weighted by atomic mass is 16.5. The van der Waals surface area contributed by atoms with Crippen LogP contribution in [-0.2, 0) is 4.79 Å². The maximum atomic E-state index is 12.1. The topological polar surface area (TPSA) is 63.3 Å². The molecule has 0 radical (unpaired) electrons. The molecule has 1 aromatic carbocycles. The molecule has 0 bridgehead atoms. The van der Waals surface area contributed by atoms with Crippen molar-refractivity contribution in [1.29, 1.82) is 0 Å². The molecule has 27 heavy (non-hydrogen) atoms. The van der Waals surface area contributed by atoms with E-state index in [0.29, 0.717) is 23.8 Å². The third-order valence-corrected chi connectivity index (χ3v) is 4.70. The van der Waals surface area contributed by atoms with Gasteiger partial charge in [0.25, 0.3) is 0 Å². The van der Waals surface area contributed by atoms with Crippen molar-refractivity contribution in [2.75, 3.05) is 67.6 Å². The fraction of sp³-hybridized carbons (Fsp3) is 0.550. The number of methoxy groups -OCH3 is 3. The molecule has 1 heterocycles. The van der Waals surface area contributed by atoms with Crippen LogP contribution in [0.5, 0.6) is 17.2 Å². The molecule has 1 N–H and O–H groups in total. The maximum Gasteiger partial charge on any atom is 0.244 e. The SMILES string of the molecule is COc1ccc(/C=C/C(=O)NCCCN2CCN(C)CC2)c(OC)c1OC. The third-order valence-electron chi connectivity index (χ3n) is 4.70. The van der Waals surface area contributed by atoms with E-state index in [1.165, 1.54) is 6.08 Å². The highest BCUT2D eigenvalue weighted by Crippen LogP contribution is 2.40. The van der Waals surface area contributed by atoms with Crippen LogP contribution in [0.2, 0.25) is 0 Å². The number of likely N-dealkylation sites (N-methyl/N-ethyl adjacent to an activating group) is 1. The van der Waals surface area contributed by atoms with Crippen molar-refractivity contribution in [3.8, 4) is 17.2 Å². The Hall–Kier alpha value is -2.25. The predicted octanol–water partition coefficient (Wildman–Crippen LogP) is 1.48. The molecule has 0 aromatic heterocycles. The van der Waals surface area contributed by atoms with E-state index < -0.39 is 0 Å². The summed E-state index contributed by atoms with van der Waals surface area (Å²) in [6.07, 6.45) is 4.18. The monoisotopic (exact) mass is 377 g/mol. The summed E-state index contributed by atoms with van der Waals surface area (Å²) in [5.74, 6) is 1.51. The number of nitrogens with one attached hydrogen (secondary N) is 1. The lowest BCUT2D eigenvalue weighted by Gasteiger charge is -2.32. The van der Waals surface area contributed by atoms with E-state index in [4.69, 9.17) is 14.2 Å². The Bertz CT molecular complexity index is 640. The number of hydrogen-bond donors (Lipinski definition) is 1. The van der Waals surface area contributed by atoms with E-state index in [2.05, 4.69) is 22.2 Å². The van der Waals surface area contributed by atoms with Gasteiger partial charge in [-0.1, -0.05) is 0 Å². The predicted molar refractivity (Wildman–Crippen MR) is 107 cm³/mol. The highest BCUT2D eigenvalue weighted by molar-refractivity contribution is 5.92. The molecule has 0 saturated carbocycles. The molecule has 7 heteroatoms. The number of rotatable bonds is 9. The van der Waals surface area contributed by atoms with Crippen LogP contribution in [0.15, 0.2) is 18.2 Å². The van der Waals surface area contributed by atoms with Gasteiger partial charge < -0.3 is 29.3 Å². The van der Waals surface area contributed by atoms with Crippen molar-refractivity contribution in [2.45, 2.75) is 6.42 Å². The Kier molecular flexibility index (Phi) is 8.42. The van der Waals surface area contributed by atoms with Gasteiger partial charge in [0.05, 0.1) is 21.3 Å². The maximum absolute atomic E-state index is 12.1. The highest BCUT2D eigenvalue weighted by Gasteiger charge is 2.15. The van der Waals surface area contributed by atoms with Crippen LogP contribution < -0.4 is 19.5 Å². The standard InChI is InChI=1S/C20H31N3O4/c1-22-12-14-23(15-13-22)11-5-10-21-18(24)9-7-16-6-8-17(25-2)20(27-4)19(16)26-3/h6-9H,5,10-15H2,1-4H3,(H,21,24)/b9-7+. The fourth-order valence-electron chi connectivity index (χ4n) is 3.07. The van der Waals surface area contributed by atoms with Crippen LogP contribution in [0, 0.1) is 0 Å². The first-order valence-electron chi connectivity index (χ1n) is 9.24. The first-order valence-corrected chi connectivity index (χ1v) is 9.24. The van der Waals surface area contributed by atoms with Crippen LogP contribution >= 0.6 is 0 Å². The van der Waals surface area contributed by atoms with Crippen molar-refractivity contribution >= 4 is 12.0 Å². The van der Waals surface area contributed by atoms with E-state index in [9.17, 15) is 4.79 Å². The molecule has 0 spiro atoms. The number of carbonyl (C=O) groups excluding carboxylic acids is 1. The summed E-state index contributed by atoms with van der Waals surface area (Å²) in [4.78, 5) is 16.9. The minimum absolute atomic E-state index is 0.120. The lowest BCUT2D eigenvalue weighted by molar-refractivity contribution is -0.116. The largest absolute Gasteiger partial charge is 0.493 e. The summed E-state index contributed by atoms with van der Waals surface area (Å²) in [5, 5.41) is 2.93. The van der Waals surface area contributed by atoms with E-state index >= 15 is 0 Å². The first kappa shape index (κ1) is 21.1. The number of piperazine rings is 1. The molecular formula is C20H31N3O4. The van der Waals surface area contributed by atoms with Crippen LogP contribution in [-0.4, -0.2) is 83.4 Å². The zero-order chi connectivity index (χ0) is 19.6. The average molecular weight is 377 g/mol. The zero-order valence-corrected chi connectivity index (χ0v) is 16.8. The summed E-state index contributed by atoms with van der Waals surface area (Å²) in [7, 11) is 6.84. The second-order valence-electron chi connectivity index (χ2n) is 6.55. The minimum Gasteiger partial charge on any atom is -0.493 e. The number of nitrogens with zero attached hydrogens (tertiary/aromatic N) is 2. The molecule has 0 unspecified atom stereocenters. The molecule has 150 valence electrons.